The highest BCUT2D eigenvalue weighted by Gasteiger charge is 2.47. The van der Waals surface area contributed by atoms with Crippen molar-refractivity contribution in [2.75, 3.05) is 31.1 Å². The van der Waals surface area contributed by atoms with Gasteiger partial charge in [-0.25, -0.2) is 4.39 Å². The molecule has 0 radical (unpaired) electrons. The Labute approximate surface area is 169 Å². The van der Waals surface area contributed by atoms with E-state index in [1.807, 2.05) is 35.2 Å². The predicted molar refractivity (Wildman–Crippen MR) is 108 cm³/mol. The van der Waals surface area contributed by atoms with Crippen molar-refractivity contribution < 1.29 is 13.9 Å². The van der Waals surface area contributed by atoms with Crippen LogP contribution in [0.1, 0.15) is 24.8 Å². The van der Waals surface area contributed by atoms with E-state index >= 15 is 0 Å². The fourth-order valence-electron chi connectivity index (χ4n) is 4.17. The number of benzene rings is 2. The SMILES string of the molecule is O=C1N(c2ccccc2)CCCCC12CN(Cc1c(F)cccc1Cl)CCO2. The van der Waals surface area contributed by atoms with Crippen molar-refractivity contribution in [3.63, 3.8) is 0 Å². The average molecular weight is 403 g/mol. The second-order valence-corrected chi connectivity index (χ2v) is 7.91. The maximum atomic E-state index is 14.2. The average Bonchev–Trinajstić information content (AvgIpc) is 2.85. The van der Waals surface area contributed by atoms with Crippen LogP contribution in [0.25, 0.3) is 0 Å². The van der Waals surface area contributed by atoms with E-state index in [2.05, 4.69) is 4.90 Å². The number of hydrogen-bond donors (Lipinski definition) is 0. The van der Waals surface area contributed by atoms with Gasteiger partial charge < -0.3 is 9.64 Å². The van der Waals surface area contributed by atoms with Crippen LogP contribution in [0.5, 0.6) is 0 Å². The Morgan fingerprint density at radius 1 is 1.07 bits per heavy atom. The van der Waals surface area contributed by atoms with Crippen molar-refractivity contribution in [1.29, 1.82) is 0 Å². The van der Waals surface area contributed by atoms with Gasteiger partial charge in [0.2, 0.25) is 0 Å². The third-order valence-electron chi connectivity index (χ3n) is 5.62. The van der Waals surface area contributed by atoms with Crippen molar-refractivity contribution in [2.24, 2.45) is 0 Å². The molecule has 1 unspecified atom stereocenters. The van der Waals surface area contributed by atoms with E-state index in [4.69, 9.17) is 16.3 Å². The first-order chi connectivity index (χ1) is 13.6. The number of halogens is 2. The second kappa shape index (κ2) is 8.19. The number of morpholine rings is 1. The summed E-state index contributed by atoms with van der Waals surface area (Å²) < 4.78 is 20.4. The molecular formula is C22H24ClFN2O2. The maximum Gasteiger partial charge on any atom is 0.260 e. The van der Waals surface area contributed by atoms with Gasteiger partial charge in [-0.15, -0.1) is 0 Å². The van der Waals surface area contributed by atoms with Crippen LogP contribution in [0.3, 0.4) is 0 Å². The van der Waals surface area contributed by atoms with E-state index in [0.717, 1.165) is 18.5 Å². The van der Waals surface area contributed by atoms with Crippen molar-refractivity contribution in [1.82, 2.24) is 4.90 Å². The van der Waals surface area contributed by atoms with E-state index in [9.17, 15) is 9.18 Å². The zero-order chi connectivity index (χ0) is 19.6. The summed E-state index contributed by atoms with van der Waals surface area (Å²) in [5, 5.41) is 0.415. The van der Waals surface area contributed by atoms with Gasteiger partial charge >= 0.3 is 0 Å². The molecule has 2 aromatic rings. The van der Waals surface area contributed by atoms with Gasteiger partial charge in [-0.3, -0.25) is 9.69 Å². The lowest BCUT2D eigenvalue weighted by molar-refractivity contribution is -0.158. The Morgan fingerprint density at radius 2 is 1.89 bits per heavy atom. The van der Waals surface area contributed by atoms with Crippen LogP contribution in [-0.2, 0) is 16.1 Å². The van der Waals surface area contributed by atoms with E-state index < -0.39 is 5.60 Å². The summed E-state index contributed by atoms with van der Waals surface area (Å²) in [6, 6.07) is 14.5. The lowest BCUT2D eigenvalue weighted by Crippen LogP contribution is -2.60. The van der Waals surface area contributed by atoms with Gasteiger partial charge in [0.15, 0.2) is 5.60 Å². The standard InChI is InChI=1S/C22H24ClFN2O2/c23-19-9-6-10-20(24)18(19)15-25-13-14-28-22(16-25)11-4-5-12-26(21(22)27)17-7-2-1-3-8-17/h1-3,6-10H,4-5,11-16H2. The first kappa shape index (κ1) is 19.4. The number of rotatable bonds is 3. The number of carbonyl (C=O) groups is 1. The lowest BCUT2D eigenvalue weighted by atomic mass is 9.93. The molecule has 2 heterocycles. The number of nitrogens with zero attached hydrogens (tertiary/aromatic N) is 2. The molecule has 4 nitrogen and oxygen atoms in total. The summed E-state index contributed by atoms with van der Waals surface area (Å²) in [6.07, 6.45) is 2.53. The molecule has 2 aliphatic heterocycles. The molecule has 28 heavy (non-hydrogen) atoms. The molecule has 0 aliphatic carbocycles. The molecular weight excluding hydrogens is 379 g/mol. The second-order valence-electron chi connectivity index (χ2n) is 7.50. The van der Waals surface area contributed by atoms with Crippen LogP contribution < -0.4 is 4.90 Å². The van der Waals surface area contributed by atoms with E-state index in [1.54, 1.807) is 12.1 Å². The highest BCUT2D eigenvalue weighted by atomic mass is 35.5. The van der Waals surface area contributed by atoms with Crippen LogP contribution in [0.4, 0.5) is 10.1 Å². The quantitative estimate of drug-likeness (QED) is 0.768. The van der Waals surface area contributed by atoms with Crippen molar-refractivity contribution in [3.8, 4) is 0 Å². The van der Waals surface area contributed by atoms with Crippen LogP contribution in [0.2, 0.25) is 5.02 Å². The van der Waals surface area contributed by atoms with E-state index in [0.29, 0.717) is 49.8 Å². The first-order valence-electron chi connectivity index (χ1n) is 9.75. The molecule has 1 spiro atoms. The van der Waals surface area contributed by atoms with Gasteiger partial charge in [-0.1, -0.05) is 35.9 Å². The number of ether oxygens (including phenoxy) is 1. The molecule has 0 aromatic heterocycles. The highest BCUT2D eigenvalue weighted by Crippen LogP contribution is 2.33. The van der Waals surface area contributed by atoms with Gasteiger partial charge in [-0.2, -0.15) is 0 Å². The minimum atomic E-state index is -0.887. The predicted octanol–water partition coefficient (Wildman–Crippen LogP) is 4.27. The molecule has 2 aliphatic rings. The Kier molecular flexibility index (Phi) is 5.67. The van der Waals surface area contributed by atoms with Gasteiger partial charge in [-0.05, 0) is 43.5 Å². The molecule has 6 heteroatoms. The molecule has 0 bridgehead atoms. The van der Waals surface area contributed by atoms with Crippen molar-refractivity contribution in [2.45, 2.75) is 31.4 Å². The molecule has 2 saturated heterocycles. The van der Waals surface area contributed by atoms with Crippen molar-refractivity contribution >= 4 is 23.2 Å². The highest BCUT2D eigenvalue weighted by molar-refractivity contribution is 6.31. The molecule has 2 fully saturated rings. The van der Waals surface area contributed by atoms with Crippen LogP contribution in [-0.4, -0.2) is 42.6 Å². The number of amides is 1. The van der Waals surface area contributed by atoms with Gasteiger partial charge in [0.05, 0.1) is 6.61 Å². The summed E-state index contributed by atoms with van der Waals surface area (Å²) in [6.45, 7) is 2.59. The van der Waals surface area contributed by atoms with Crippen LogP contribution >= 0.6 is 11.6 Å². The zero-order valence-electron chi connectivity index (χ0n) is 15.7. The third-order valence-corrected chi connectivity index (χ3v) is 5.98. The molecule has 0 saturated carbocycles. The Morgan fingerprint density at radius 3 is 2.68 bits per heavy atom. The normalized spacial score (nSPS) is 23.8. The van der Waals surface area contributed by atoms with Gasteiger partial charge in [0.25, 0.3) is 5.91 Å². The van der Waals surface area contributed by atoms with Gasteiger partial charge in [0, 0.05) is 42.5 Å². The zero-order valence-corrected chi connectivity index (χ0v) is 16.5. The topological polar surface area (TPSA) is 32.8 Å². The molecule has 1 atom stereocenters. The Bertz CT molecular complexity index is 827. The lowest BCUT2D eigenvalue weighted by Gasteiger charge is -2.42. The summed E-state index contributed by atoms with van der Waals surface area (Å²) in [7, 11) is 0. The molecule has 1 amide bonds. The van der Waals surface area contributed by atoms with Crippen LogP contribution in [0, 0.1) is 5.82 Å². The Hall–Kier alpha value is -1.95. The third kappa shape index (κ3) is 3.79. The largest absolute Gasteiger partial charge is 0.362 e. The number of anilines is 1. The summed E-state index contributed by atoms with van der Waals surface area (Å²) >= 11 is 6.21. The molecule has 148 valence electrons. The van der Waals surface area contributed by atoms with E-state index in [1.165, 1.54) is 6.07 Å². The smallest absolute Gasteiger partial charge is 0.260 e. The molecule has 4 rings (SSSR count). The van der Waals surface area contributed by atoms with Crippen LogP contribution in [0.15, 0.2) is 48.5 Å². The summed E-state index contributed by atoms with van der Waals surface area (Å²) in [5.41, 5.74) is 0.483. The first-order valence-corrected chi connectivity index (χ1v) is 10.1. The Balaban J connectivity index is 1.58. The minimum Gasteiger partial charge on any atom is -0.362 e. The van der Waals surface area contributed by atoms with Gasteiger partial charge in [0.1, 0.15) is 5.82 Å². The number of hydrogen-bond acceptors (Lipinski definition) is 3. The number of para-hydroxylation sites is 1. The van der Waals surface area contributed by atoms with Crippen molar-refractivity contribution in [3.05, 3.63) is 64.9 Å². The monoisotopic (exact) mass is 402 g/mol. The minimum absolute atomic E-state index is 0.000491. The van der Waals surface area contributed by atoms with E-state index in [-0.39, 0.29) is 11.7 Å². The number of carbonyl (C=O) groups excluding carboxylic acids is 1. The summed E-state index contributed by atoms with van der Waals surface area (Å²) in [4.78, 5) is 17.5. The summed E-state index contributed by atoms with van der Waals surface area (Å²) in [5.74, 6) is -0.313. The fraction of sp³-hybridized carbons (Fsp3) is 0.409. The molecule has 0 N–H and O–H groups in total. The molecule has 2 aromatic carbocycles. The maximum absolute atomic E-state index is 14.2. The fourth-order valence-corrected chi connectivity index (χ4v) is 4.39.